The lowest BCUT2D eigenvalue weighted by molar-refractivity contribution is -0.142. The minimum absolute atomic E-state index is 0.0835. The zero-order chi connectivity index (χ0) is 25.4. The van der Waals surface area contributed by atoms with E-state index in [4.69, 9.17) is 9.47 Å². The van der Waals surface area contributed by atoms with E-state index in [0.29, 0.717) is 35.0 Å². The maximum atomic E-state index is 12.4. The first-order valence-corrected chi connectivity index (χ1v) is 13.2. The first-order chi connectivity index (χ1) is 16.7. The van der Waals surface area contributed by atoms with Crippen molar-refractivity contribution in [2.45, 2.75) is 64.8 Å². The van der Waals surface area contributed by atoms with Crippen molar-refractivity contribution in [1.82, 2.24) is 19.7 Å². The van der Waals surface area contributed by atoms with Crippen LogP contribution in [0.15, 0.2) is 34.8 Å². The maximum Gasteiger partial charge on any atom is 0.311 e. The number of nitrogens with one attached hydrogen (secondary N) is 1. The molecule has 1 aromatic carbocycles. The molecule has 0 spiro atoms. The van der Waals surface area contributed by atoms with Gasteiger partial charge in [0.15, 0.2) is 16.1 Å². The Morgan fingerprint density at radius 2 is 1.89 bits per heavy atom. The van der Waals surface area contributed by atoms with E-state index in [1.165, 1.54) is 28.7 Å². The Morgan fingerprint density at radius 3 is 2.54 bits per heavy atom. The SMILES string of the molecule is CCOC(=O)Cc1csc(NC(=O)CSc2nnc(COc3ccc(C(C)(C)C)cc3)n2CC)n1. The van der Waals surface area contributed by atoms with Gasteiger partial charge in [0.2, 0.25) is 5.91 Å². The Morgan fingerprint density at radius 1 is 1.14 bits per heavy atom. The van der Waals surface area contributed by atoms with Gasteiger partial charge in [-0.2, -0.15) is 0 Å². The summed E-state index contributed by atoms with van der Waals surface area (Å²) >= 11 is 2.56. The number of rotatable bonds is 11. The van der Waals surface area contributed by atoms with Gasteiger partial charge in [-0.25, -0.2) is 4.98 Å². The second-order valence-corrected chi connectivity index (χ2v) is 10.5. The van der Waals surface area contributed by atoms with Crippen molar-refractivity contribution >= 4 is 40.1 Å². The number of esters is 1. The van der Waals surface area contributed by atoms with Crippen molar-refractivity contribution < 1.29 is 19.1 Å². The Bertz CT molecular complexity index is 1140. The number of amides is 1. The van der Waals surface area contributed by atoms with Crippen molar-refractivity contribution in [1.29, 1.82) is 0 Å². The lowest BCUT2D eigenvalue weighted by Gasteiger charge is -2.19. The molecule has 3 rings (SSSR count). The summed E-state index contributed by atoms with van der Waals surface area (Å²) in [5.41, 5.74) is 1.90. The molecule has 0 bridgehead atoms. The quantitative estimate of drug-likeness (QED) is 0.293. The van der Waals surface area contributed by atoms with Crippen LogP contribution in [0.1, 0.15) is 51.7 Å². The molecule has 0 radical (unpaired) electrons. The van der Waals surface area contributed by atoms with Crippen LogP contribution in [0.2, 0.25) is 0 Å². The first kappa shape index (κ1) is 26.7. The van der Waals surface area contributed by atoms with Crippen LogP contribution in [0.5, 0.6) is 5.75 Å². The number of ether oxygens (including phenoxy) is 2. The molecule has 3 aromatic rings. The molecular formula is C24H31N5O4S2. The minimum Gasteiger partial charge on any atom is -0.486 e. The molecule has 0 saturated carbocycles. The fourth-order valence-electron chi connectivity index (χ4n) is 3.14. The Kier molecular flexibility index (Phi) is 9.27. The summed E-state index contributed by atoms with van der Waals surface area (Å²) in [6.07, 6.45) is 0.0835. The van der Waals surface area contributed by atoms with Gasteiger partial charge in [0.1, 0.15) is 12.4 Å². The van der Waals surface area contributed by atoms with Crippen LogP contribution < -0.4 is 10.1 Å². The second kappa shape index (κ2) is 12.2. The Hall–Kier alpha value is -2.92. The number of carbonyl (C=O) groups excluding carboxylic acids is 2. The highest BCUT2D eigenvalue weighted by atomic mass is 32.2. The van der Waals surface area contributed by atoms with Gasteiger partial charge in [-0.1, -0.05) is 44.7 Å². The number of hydrogen-bond acceptors (Lipinski definition) is 9. The third kappa shape index (κ3) is 7.79. The summed E-state index contributed by atoms with van der Waals surface area (Å²) in [6, 6.07) is 8.07. The zero-order valence-corrected chi connectivity index (χ0v) is 22.3. The Labute approximate surface area is 213 Å². The van der Waals surface area contributed by atoms with E-state index < -0.39 is 0 Å². The van der Waals surface area contributed by atoms with Gasteiger partial charge in [0.05, 0.1) is 24.5 Å². The molecule has 0 aliphatic carbocycles. The van der Waals surface area contributed by atoms with E-state index >= 15 is 0 Å². The Balaban J connectivity index is 1.51. The predicted molar refractivity (Wildman–Crippen MR) is 137 cm³/mol. The summed E-state index contributed by atoms with van der Waals surface area (Å²) in [4.78, 5) is 28.2. The number of hydrogen-bond donors (Lipinski definition) is 1. The van der Waals surface area contributed by atoms with Crippen LogP contribution in [0.4, 0.5) is 5.13 Å². The van der Waals surface area contributed by atoms with Gasteiger partial charge >= 0.3 is 5.97 Å². The van der Waals surface area contributed by atoms with E-state index in [1.54, 1.807) is 12.3 Å². The van der Waals surface area contributed by atoms with Crippen molar-refractivity contribution in [2.24, 2.45) is 0 Å². The highest BCUT2D eigenvalue weighted by molar-refractivity contribution is 7.99. The van der Waals surface area contributed by atoms with Crippen LogP contribution in [0.25, 0.3) is 0 Å². The summed E-state index contributed by atoms with van der Waals surface area (Å²) < 4.78 is 12.8. The van der Waals surface area contributed by atoms with Gasteiger partial charge in [0, 0.05) is 11.9 Å². The number of thioether (sulfide) groups is 1. The fraction of sp³-hybridized carbons (Fsp3) is 0.458. The predicted octanol–water partition coefficient (Wildman–Crippen LogP) is 4.47. The highest BCUT2D eigenvalue weighted by Crippen LogP contribution is 2.25. The summed E-state index contributed by atoms with van der Waals surface area (Å²) in [5.74, 6) is 1.06. The number of benzene rings is 1. The molecule has 0 fully saturated rings. The number of nitrogens with zero attached hydrogens (tertiary/aromatic N) is 4. The minimum atomic E-state index is -0.341. The maximum absolute atomic E-state index is 12.4. The summed E-state index contributed by atoms with van der Waals surface area (Å²) in [6.45, 7) is 11.5. The first-order valence-electron chi connectivity index (χ1n) is 11.4. The van der Waals surface area contributed by atoms with Crippen molar-refractivity contribution in [3.63, 3.8) is 0 Å². The van der Waals surface area contributed by atoms with E-state index in [9.17, 15) is 9.59 Å². The normalized spacial score (nSPS) is 11.3. The summed E-state index contributed by atoms with van der Waals surface area (Å²) in [7, 11) is 0. The van der Waals surface area contributed by atoms with E-state index in [0.717, 1.165) is 5.75 Å². The van der Waals surface area contributed by atoms with Crippen LogP contribution in [-0.4, -0.2) is 44.0 Å². The molecule has 1 amide bonds. The highest BCUT2D eigenvalue weighted by Gasteiger charge is 2.16. The third-order valence-corrected chi connectivity index (χ3v) is 6.73. The van der Waals surface area contributed by atoms with Crippen LogP contribution in [0.3, 0.4) is 0 Å². The van der Waals surface area contributed by atoms with Crippen molar-refractivity contribution in [3.8, 4) is 5.75 Å². The molecule has 0 atom stereocenters. The van der Waals surface area contributed by atoms with Crippen LogP contribution >= 0.6 is 23.1 Å². The largest absolute Gasteiger partial charge is 0.486 e. The molecule has 2 heterocycles. The van der Waals surface area contributed by atoms with E-state index in [-0.39, 0.29) is 36.1 Å². The fourth-order valence-corrected chi connectivity index (χ4v) is 4.69. The average molecular weight is 518 g/mol. The molecule has 35 heavy (non-hydrogen) atoms. The third-order valence-electron chi connectivity index (χ3n) is 4.96. The molecule has 2 aromatic heterocycles. The van der Waals surface area contributed by atoms with Gasteiger partial charge in [-0.15, -0.1) is 21.5 Å². The van der Waals surface area contributed by atoms with Gasteiger partial charge in [-0.05, 0) is 37.0 Å². The topological polar surface area (TPSA) is 108 Å². The van der Waals surface area contributed by atoms with Crippen LogP contribution in [0, 0.1) is 0 Å². The van der Waals surface area contributed by atoms with Crippen molar-refractivity contribution in [2.75, 3.05) is 17.7 Å². The second-order valence-electron chi connectivity index (χ2n) is 8.67. The monoisotopic (exact) mass is 517 g/mol. The average Bonchev–Trinajstić information content (AvgIpc) is 3.42. The van der Waals surface area contributed by atoms with Gasteiger partial charge in [0.25, 0.3) is 0 Å². The smallest absolute Gasteiger partial charge is 0.311 e. The number of aromatic nitrogens is 4. The number of carbonyl (C=O) groups is 2. The molecule has 0 unspecified atom stereocenters. The molecule has 0 aliphatic heterocycles. The van der Waals surface area contributed by atoms with Gasteiger partial charge < -0.3 is 19.4 Å². The zero-order valence-electron chi connectivity index (χ0n) is 20.7. The lowest BCUT2D eigenvalue weighted by Crippen LogP contribution is -2.15. The summed E-state index contributed by atoms with van der Waals surface area (Å²) in [5, 5.41) is 14.1. The molecule has 1 N–H and O–H groups in total. The van der Waals surface area contributed by atoms with E-state index in [2.05, 4.69) is 53.4 Å². The lowest BCUT2D eigenvalue weighted by atomic mass is 9.87. The molecule has 0 aliphatic rings. The number of thiazole rings is 1. The molecular weight excluding hydrogens is 486 g/mol. The molecule has 188 valence electrons. The molecule has 0 saturated heterocycles. The molecule has 11 heteroatoms. The van der Waals surface area contributed by atoms with Crippen LogP contribution in [-0.2, 0) is 39.3 Å². The van der Waals surface area contributed by atoms with Crippen molar-refractivity contribution in [3.05, 3.63) is 46.7 Å². The van der Waals surface area contributed by atoms with Gasteiger partial charge in [-0.3, -0.25) is 9.59 Å². The standard InChI is InChI=1S/C24H31N5O4S2/c1-6-29-19(13-33-18-10-8-16(9-11-18)24(3,4)5)27-28-23(29)35-15-20(30)26-22-25-17(14-34-22)12-21(31)32-7-2/h8-11,14H,6-7,12-13,15H2,1-5H3,(H,25,26,30). The van der Waals surface area contributed by atoms with E-state index in [1.807, 2.05) is 23.6 Å². The molecule has 9 nitrogen and oxygen atoms in total. The number of anilines is 1.